The number of hydrogen-bond donors (Lipinski definition) is 2. The molecule has 196 valence electrons. The minimum Gasteiger partial charge on any atom is -0.378 e. The van der Waals surface area contributed by atoms with E-state index in [-0.39, 0.29) is 21.7 Å². The quantitative estimate of drug-likeness (QED) is 0.176. The molecule has 1 atom stereocenters. The molecular formula is C27H17BCl2F2N8. The Balaban J connectivity index is 1.47. The summed E-state index contributed by atoms with van der Waals surface area (Å²) < 4.78 is 29.2. The number of halogens is 4. The molecule has 6 rings (SSSR count). The summed E-state index contributed by atoms with van der Waals surface area (Å²) in [5, 5.41) is 25.3. The average Bonchev–Trinajstić information content (AvgIpc) is 3.67. The third-order valence-electron chi connectivity index (χ3n) is 6.59. The molecule has 2 aromatic carbocycles. The molecule has 2 radical (unpaired) electrons. The molecule has 2 N–H and O–H groups in total. The van der Waals surface area contributed by atoms with E-state index < -0.39 is 17.2 Å². The maximum Gasteiger partial charge on any atom is 0.231 e. The predicted molar refractivity (Wildman–Crippen MR) is 149 cm³/mol. The van der Waals surface area contributed by atoms with Crippen molar-refractivity contribution in [2.75, 3.05) is 10.6 Å². The standard InChI is InChI=1S/C27H17BCl2F2N8/c28-27(15-1-3-16(31)4-2-15,23-13-40(39-38-23)19-5-6-19)37-17-7-20-24(36-18-9-22(30)26(32)35-12-18)14(10-33)11-34-25(20)21(29)8-17/h1-4,7-9,11-13,19,37H,5-6H2,(H,34,36). The van der Waals surface area contributed by atoms with Crippen molar-refractivity contribution < 1.29 is 8.78 Å². The van der Waals surface area contributed by atoms with E-state index >= 15 is 0 Å². The van der Waals surface area contributed by atoms with Gasteiger partial charge in [0.2, 0.25) is 5.95 Å². The van der Waals surface area contributed by atoms with Gasteiger partial charge in [-0.3, -0.25) is 4.98 Å². The molecule has 8 nitrogen and oxygen atoms in total. The highest BCUT2D eigenvalue weighted by Crippen LogP contribution is 2.39. The molecule has 1 fully saturated rings. The van der Waals surface area contributed by atoms with Gasteiger partial charge in [-0.1, -0.05) is 40.5 Å². The zero-order valence-electron chi connectivity index (χ0n) is 20.5. The highest BCUT2D eigenvalue weighted by atomic mass is 35.5. The maximum absolute atomic E-state index is 13.8. The summed E-state index contributed by atoms with van der Waals surface area (Å²) in [4.78, 5) is 7.99. The monoisotopic (exact) mass is 572 g/mol. The number of fused-ring (bicyclic) bond motifs is 1. The minimum atomic E-state index is -1.43. The second-order valence-corrected chi connectivity index (χ2v) is 10.2. The number of nitrogens with zero attached hydrogens (tertiary/aromatic N) is 6. The van der Waals surface area contributed by atoms with Gasteiger partial charge in [-0.25, -0.2) is 14.1 Å². The molecule has 3 aromatic heterocycles. The number of aromatic nitrogens is 5. The van der Waals surface area contributed by atoms with Crippen molar-refractivity contribution >= 4 is 59.0 Å². The lowest BCUT2D eigenvalue weighted by Gasteiger charge is -2.32. The molecule has 1 saturated carbocycles. The fourth-order valence-corrected chi connectivity index (χ4v) is 4.82. The third-order valence-corrected chi connectivity index (χ3v) is 7.14. The van der Waals surface area contributed by atoms with Crippen LogP contribution in [-0.4, -0.2) is 32.8 Å². The molecule has 1 aliphatic rings. The molecule has 1 aliphatic carbocycles. The van der Waals surface area contributed by atoms with Crippen molar-refractivity contribution in [1.29, 1.82) is 5.26 Å². The van der Waals surface area contributed by atoms with Crippen LogP contribution in [0.15, 0.2) is 61.1 Å². The van der Waals surface area contributed by atoms with Gasteiger partial charge in [-0.05, 0) is 48.7 Å². The Morgan fingerprint density at radius 1 is 1.02 bits per heavy atom. The molecule has 0 spiro atoms. The van der Waals surface area contributed by atoms with E-state index in [2.05, 4.69) is 37.0 Å². The summed E-state index contributed by atoms with van der Waals surface area (Å²) in [6.45, 7) is 0. The van der Waals surface area contributed by atoms with Crippen LogP contribution < -0.4 is 10.6 Å². The smallest absolute Gasteiger partial charge is 0.231 e. The molecule has 1 unspecified atom stereocenters. The lowest BCUT2D eigenvalue weighted by molar-refractivity contribution is 0.584. The van der Waals surface area contributed by atoms with Crippen LogP contribution in [0.4, 0.5) is 25.8 Å². The van der Waals surface area contributed by atoms with Crippen LogP contribution in [0.5, 0.6) is 0 Å². The molecule has 0 bridgehead atoms. The Morgan fingerprint density at radius 2 is 1.77 bits per heavy atom. The van der Waals surface area contributed by atoms with E-state index in [0.29, 0.717) is 39.2 Å². The average molecular weight is 573 g/mol. The highest BCUT2D eigenvalue weighted by molar-refractivity contribution is 6.36. The van der Waals surface area contributed by atoms with Crippen LogP contribution >= 0.6 is 23.2 Å². The molecule has 0 amide bonds. The third kappa shape index (κ3) is 4.81. The predicted octanol–water partition coefficient (Wildman–Crippen LogP) is 6.24. The first-order valence-electron chi connectivity index (χ1n) is 12.1. The number of benzene rings is 2. The lowest BCUT2D eigenvalue weighted by Crippen LogP contribution is -2.37. The summed E-state index contributed by atoms with van der Waals surface area (Å²) >= 11 is 12.6. The van der Waals surface area contributed by atoms with Crippen LogP contribution in [0, 0.1) is 23.1 Å². The van der Waals surface area contributed by atoms with Crippen LogP contribution in [0.3, 0.4) is 0 Å². The number of nitriles is 1. The van der Waals surface area contributed by atoms with Crippen LogP contribution in [-0.2, 0) is 5.44 Å². The van der Waals surface area contributed by atoms with Gasteiger partial charge >= 0.3 is 0 Å². The molecule has 3 heterocycles. The van der Waals surface area contributed by atoms with Crippen molar-refractivity contribution in [1.82, 2.24) is 25.0 Å². The van der Waals surface area contributed by atoms with E-state index in [1.54, 1.807) is 35.1 Å². The van der Waals surface area contributed by atoms with E-state index in [1.807, 2.05) is 0 Å². The van der Waals surface area contributed by atoms with Gasteiger partial charge < -0.3 is 10.6 Å². The van der Waals surface area contributed by atoms with Gasteiger partial charge in [0.15, 0.2) is 0 Å². The minimum absolute atomic E-state index is 0.186. The van der Waals surface area contributed by atoms with Gasteiger partial charge in [-0.15, -0.1) is 5.10 Å². The SMILES string of the molecule is [B]C(Nc1cc(Cl)c2ncc(C#N)c(Nc3cnc(F)c(Cl)c3)c2c1)(c1ccc(F)cc1)c1cn(C2CC2)nn1. The largest absolute Gasteiger partial charge is 0.378 e. The zero-order chi connectivity index (χ0) is 28.0. The molecule has 40 heavy (non-hydrogen) atoms. The van der Waals surface area contributed by atoms with E-state index in [9.17, 15) is 14.0 Å². The van der Waals surface area contributed by atoms with Crippen molar-refractivity contribution in [3.8, 4) is 6.07 Å². The van der Waals surface area contributed by atoms with Crippen molar-refractivity contribution in [3.63, 3.8) is 0 Å². The normalized spacial score (nSPS) is 14.5. The second-order valence-electron chi connectivity index (χ2n) is 9.39. The Labute approximate surface area is 238 Å². The van der Waals surface area contributed by atoms with Crippen LogP contribution in [0.1, 0.15) is 35.7 Å². The molecule has 5 aromatic rings. The summed E-state index contributed by atoms with van der Waals surface area (Å²) in [5.41, 5.74) is 1.28. The zero-order valence-corrected chi connectivity index (χ0v) is 22.0. The van der Waals surface area contributed by atoms with Gasteiger partial charge in [0.25, 0.3) is 0 Å². The highest BCUT2D eigenvalue weighted by Gasteiger charge is 2.34. The Hall–Kier alpha value is -4.27. The van der Waals surface area contributed by atoms with E-state index in [1.165, 1.54) is 30.6 Å². The second kappa shape index (κ2) is 10.0. The van der Waals surface area contributed by atoms with Gasteiger partial charge in [0, 0.05) is 17.3 Å². The molecule has 0 aliphatic heterocycles. The first-order chi connectivity index (χ1) is 19.2. The fraction of sp³-hybridized carbons (Fsp3) is 0.148. The van der Waals surface area contributed by atoms with E-state index in [0.717, 1.165) is 12.8 Å². The topological polar surface area (TPSA) is 104 Å². The Morgan fingerprint density at radius 3 is 2.48 bits per heavy atom. The van der Waals surface area contributed by atoms with Crippen molar-refractivity contribution in [2.24, 2.45) is 0 Å². The fourth-order valence-electron chi connectivity index (χ4n) is 4.38. The summed E-state index contributed by atoms with van der Waals surface area (Å²) in [6, 6.07) is 12.8. The summed E-state index contributed by atoms with van der Waals surface area (Å²) in [6.07, 6.45) is 6.40. The lowest BCUT2D eigenvalue weighted by atomic mass is 9.69. The number of rotatable bonds is 7. The molecule has 13 heteroatoms. The first-order valence-corrected chi connectivity index (χ1v) is 12.9. The first kappa shape index (κ1) is 26.0. The molecular weight excluding hydrogens is 556 g/mol. The van der Waals surface area contributed by atoms with Crippen LogP contribution in [0.25, 0.3) is 10.9 Å². The van der Waals surface area contributed by atoms with Crippen molar-refractivity contribution in [3.05, 3.63) is 99.7 Å². The maximum atomic E-state index is 13.8. The summed E-state index contributed by atoms with van der Waals surface area (Å²) in [7, 11) is 6.96. The Bertz CT molecular complexity index is 1800. The van der Waals surface area contributed by atoms with E-state index in [4.69, 9.17) is 31.0 Å². The Kier molecular flexibility index (Phi) is 6.52. The van der Waals surface area contributed by atoms with Crippen LogP contribution in [0.2, 0.25) is 10.0 Å². The number of hydrogen-bond acceptors (Lipinski definition) is 7. The van der Waals surface area contributed by atoms with Gasteiger partial charge in [0.1, 0.15) is 25.4 Å². The van der Waals surface area contributed by atoms with Gasteiger partial charge in [0.05, 0.1) is 56.4 Å². The van der Waals surface area contributed by atoms with Gasteiger partial charge in [-0.2, -0.15) is 9.65 Å². The number of nitrogens with one attached hydrogen (secondary N) is 2. The summed E-state index contributed by atoms with van der Waals surface area (Å²) in [5.74, 6) is -1.23. The van der Waals surface area contributed by atoms with Crippen molar-refractivity contribution in [2.45, 2.75) is 24.3 Å². The number of pyridine rings is 2. The molecule has 0 saturated heterocycles. The number of anilines is 3.